The molecule has 0 saturated heterocycles. The number of carbonyl (C=O) groups excluding carboxylic acids is 2. The Balaban J connectivity index is 3.03. The van der Waals surface area contributed by atoms with E-state index in [1.807, 2.05) is 6.92 Å². The first-order valence-electron chi connectivity index (χ1n) is 6.60. The van der Waals surface area contributed by atoms with E-state index in [9.17, 15) is 9.59 Å². The second-order valence-corrected chi connectivity index (χ2v) is 5.89. The van der Waals surface area contributed by atoms with Gasteiger partial charge in [-0.15, -0.1) is 0 Å². The van der Waals surface area contributed by atoms with E-state index in [2.05, 4.69) is 5.10 Å². The van der Waals surface area contributed by atoms with Gasteiger partial charge < -0.3 is 9.53 Å². The van der Waals surface area contributed by atoms with E-state index in [0.717, 1.165) is 6.29 Å². The Morgan fingerprint density at radius 1 is 1.45 bits per heavy atom. The van der Waals surface area contributed by atoms with Gasteiger partial charge in [-0.3, -0.25) is 9.58 Å². The predicted octanol–water partition coefficient (Wildman–Crippen LogP) is 2.18. The zero-order valence-electron chi connectivity index (χ0n) is 13.0. The average Bonchev–Trinajstić information content (AvgIpc) is 2.84. The van der Waals surface area contributed by atoms with Crippen molar-refractivity contribution in [2.24, 2.45) is 0 Å². The monoisotopic (exact) mass is 281 g/mol. The summed E-state index contributed by atoms with van der Waals surface area (Å²) in [5, 5.41) is 4.14. The third-order valence-electron chi connectivity index (χ3n) is 3.14. The summed E-state index contributed by atoms with van der Waals surface area (Å²) in [6, 6.07) is 0. The zero-order chi connectivity index (χ0) is 15.6. The molecule has 0 bridgehead atoms. The normalized spacial score (nSPS) is 14.5. The van der Waals surface area contributed by atoms with E-state index < -0.39 is 17.2 Å². The molecule has 0 radical (unpaired) electrons. The quantitative estimate of drug-likeness (QED) is 0.793. The molecule has 1 aromatic heterocycles. The lowest BCUT2D eigenvalue weighted by Crippen LogP contribution is -2.48. The van der Waals surface area contributed by atoms with Gasteiger partial charge in [0.25, 0.3) is 0 Å². The van der Waals surface area contributed by atoms with Crippen molar-refractivity contribution in [2.75, 3.05) is 7.05 Å². The fourth-order valence-electron chi connectivity index (χ4n) is 1.66. The summed E-state index contributed by atoms with van der Waals surface area (Å²) < 4.78 is 7.01. The van der Waals surface area contributed by atoms with Gasteiger partial charge in [-0.1, -0.05) is 0 Å². The Bertz CT molecular complexity index is 490. The Morgan fingerprint density at radius 3 is 2.45 bits per heavy atom. The van der Waals surface area contributed by atoms with Crippen LogP contribution in [-0.2, 0) is 21.6 Å². The van der Waals surface area contributed by atoms with Gasteiger partial charge >= 0.3 is 6.09 Å². The molecule has 1 amide bonds. The molecule has 112 valence electrons. The lowest BCUT2D eigenvalue weighted by Gasteiger charge is -2.34. The smallest absolute Gasteiger partial charge is 0.411 e. The summed E-state index contributed by atoms with van der Waals surface area (Å²) >= 11 is 0. The number of aromatic nitrogens is 2. The van der Waals surface area contributed by atoms with Crippen LogP contribution >= 0.6 is 0 Å². The van der Waals surface area contributed by atoms with E-state index in [1.54, 1.807) is 51.8 Å². The van der Waals surface area contributed by atoms with Crippen molar-refractivity contribution in [1.82, 2.24) is 14.7 Å². The first-order valence-corrected chi connectivity index (χ1v) is 6.60. The minimum Gasteiger partial charge on any atom is -0.444 e. The minimum atomic E-state index is -1.10. The molecule has 1 unspecified atom stereocenters. The summed E-state index contributed by atoms with van der Waals surface area (Å²) in [5.41, 5.74) is -1.05. The van der Waals surface area contributed by atoms with Crippen molar-refractivity contribution in [3.63, 3.8) is 0 Å². The number of nitrogens with zero attached hydrogens (tertiary/aromatic N) is 3. The summed E-state index contributed by atoms with van der Waals surface area (Å²) in [7, 11) is 1.55. The van der Waals surface area contributed by atoms with Crippen LogP contribution < -0.4 is 0 Å². The number of hydrogen-bond acceptors (Lipinski definition) is 4. The SMILES string of the molecule is CCn1cc(C(C)(C=O)N(C)C(=O)OC(C)(C)C)cn1. The number of aldehydes is 1. The molecule has 1 aromatic rings. The predicted molar refractivity (Wildman–Crippen MR) is 75.3 cm³/mol. The van der Waals surface area contributed by atoms with Gasteiger partial charge in [0, 0.05) is 25.4 Å². The molecule has 0 aliphatic rings. The molecule has 6 nitrogen and oxygen atoms in total. The lowest BCUT2D eigenvalue weighted by molar-refractivity contribution is -0.117. The molecule has 0 aliphatic heterocycles. The van der Waals surface area contributed by atoms with Crippen LogP contribution in [0.15, 0.2) is 12.4 Å². The van der Waals surface area contributed by atoms with Crippen molar-refractivity contribution in [1.29, 1.82) is 0 Å². The van der Waals surface area contributed by atoms with Gasteiger partial charge in [0.1, 0.15) is 17.4 Å². The number of likely N-dealkylation sites (N-methyl/N-ethyl adjacent to an activating group) is 1. The number of rotatable bonds is 4. The Kier molecular flexibility index (Phi) is 4.57. The number of ether oxygens (including phenoxy) is 1. The molecule has 1 heterocycles. The summed E-state index contributed by atoms with van der Waals surface area (Å²) in [6.07, 6.45) is 3.54. The molecule has 0 saturated carbocycles. The molecule has 1 rings (SSSR count). The van der Waals surface area contributed by atoms with Crippen molar-refractivity contribution in [3.05, 3.63) is 18.0 Å². The summed E-state index contributed by atoms with van der Waals surface area (Å²) in [5.74, 6) is 0. The topological polar surface area (TPSA) is 64.4 Å². The van der Waals surface area contributed by atoms with E-state index in [4.69, 9.17) is 4.74 Å². The van der Waals surface area contributed by atoms with E-state index in [1.165, 1.54) is 4.90 Å². The van der Waals surface area contributed by atoms with Crippen LogP contribution in [0.1, 0.15) is 40.2 Å². The molecular formula is C14H23N3O3. The second kappa shape index (κ2) is 5.64. The number of carbonyl (C=O) groups is 2. The average molecular weight is 281 g/mol. The molecule has 6 heteroatoms. The molecule has 0 N–H and O–H groups in total. The molecule has 0 fully saturated rings. The van der Waals surface area contributed by atoms with Crippen LogP contribution in [0.2, 0.25) is 0 Å². The first kappa shape index (κ1) is 16.2. The van der Waals surface area contributed by atoms with Crippen LogP contribution in [0.5, 0.6) is 0 Å². The summed E-state index contributed by atoms with van der Waals surface area (Å²) in [4.78, 5) is 25.0. The van der Waals surface area contributed by atoms with Gasteiger partial charge in [-0.05, 0) is 34.6 Å². The first-order chi connectivity index (χ1) is 9.14. The molecule has 20 heavy (non-hydrogen) atoms. The summed E-state index contributed by atoms with van der Waals surface area (Å²) in [6.45, 7) is 9.67. The lowest BCUT2D eigenvalue weighted by atomic mass is 9.95. The van der Waals surface area contributed by atoms with Crippen molar-refractivity contribution < 1.29 is 14.3 Å². The highest BCUT2D eigenvalue weighted by Crippen LogP contribution is 2.26. The van der Waals surface area contributed by atoms with Crippen molar-refractivity contribution >= 4 is 12.4 Å². The van der Waals surface area contributed by atoms with Crippen LogP contribution in [0.3, 0.4) is 0 Å². The Labute approximate surface area is 119 Å². The molecule has 0 aromatic carbocycles. The maximum Gasteiger partial charge on any atom is 0.411 e. The van der Waals surface area contributed by atoms with Gasteiger partial charge in [0.15, 0.2) is 0 Å². The van der Waals surface area contributed by atoms with Crippen LogP contribution in [-0.4, -0.2) is 39.7 Å². The standard InChI is InChI=1S/C14H23N3O3/c1-7-17-9-11(8-15-17)14(5,10-18)16(6)12(19)20-13(2,3)4/h8-10H,7H2,1-6H3. The van der Waals surface area contributed by atoms with Crippen molar-refractivity contribution in [2.45, 2.75) is 52.3 Å². The second-order valence-electron chi connectivity index (χ2n) is 5.89. The minimum absolute atomic E-state index is 0.545. The fraction of sp³-hybridized carbons (Fsp3) is 0.643. The highest BCUT2D eigenvalue weighted by Gasteiger charge is 2.37. The number of hydrogen-bond donors (Lipinski definition) is 0. The van der Waals surface area contributed by atoms with E-state index in [0.29, 0.717) is 12.1 Å². The third kappa shape index (κ3) is 3.37. The Morgan fingerprint density at radius 2 is 2.05 bits per heavy atom. The van der Waals surface area contributed by atoms with Crippen LogP contribution in [0.25, 0.3) is 0 Å². The van der Waals surface area contributed by atoms with E-state index >= 15 is 0 Å². The highest BCUT2D eigenvalue weighted by atomic mass is 16.6. The van der Waals surface area contributed by atoms with Gasteiger partial charge in [-0.2, -0.15) is 5.10 Å². The molecule has 0 aliphatic carbocycles. The third-order valence-corrected chi connectivity index (χ3v) is 3.14. The number of amides is 1. The Hall–Kier alpha value is -1.85. The fourth-order valence-corrected chi connectivity index (χ4v) is 1.66. The van der Waals surface area contributed by atoms with Gasteiger partial charge in [0.05, 0.1) is 6.20 Å². The maximum atomic E-state index is 12.1. The zero-order valence-corrected chi connectivity index (χ0v) is 13.0. The van der Waals surface area contributed by atoms with Crippen molar-refractivity contribution in [3.8, 4) is 0 Å². The molecular weight excluding hydrogens is 258 g/mol. The van der Waals surface area contributed by atoms with E-state index in [-0.39, 0.29) is 0 Å². The van der Waals surface area contributed by atoms with Gasteiger partial charge in [0.2, 0.25) is 0 Å². The largest absolute Gasteiger partial charge is 0.444 e. The van der Waals surface area contributed by atoms with Gasteiger partial charge in [-0.25, -0.2) is 4.79 Å². The number of aryl methyl sites for hydroxylation is 1. The van der Waals surface area contributed by atoms with Crippen LogP contribution in [0.4, 0.5) is 4.79 Å². The maximum absolute atomic E-state index is 12.1. The van der Waals surface area contributed by atoms with Crippen LogP contribution in [0, 0.1) is 0 Å². The highest BCUT2D eigenvalue weighted by molar-refractivity contribution is 5.77. The molecule has 0 spiro atoms. The molecule has 1 atom stereocenters.